The SMILES string of the molecule is CCCCc1ccccc1C=C(C)C. The van der Waals surface area contributed by atoms with Gasteiger partial charge in [0.1, 0.15) is 0 Å². The Morgan fingerprint density at radius 1 is 1.21 bits per heavy atom. The van der Waals surface area contributed by atoms with Gasteiger partial charge in [0.2, 0.25) is 0 Å². The van der Waals surface area contributed by atoms with Crippen LogP contribution in [-0.2, 0) is 6.42 Å². The van der Waals surface area contributed by atoms with Crippen molar-refractivity contribution in [2.24, 2.45) is 0 Å². The van der Waals surface area contributed by atoms with E-state index < -0.39 is 0 Å². The molecule has 1 aromatic carbocycles. The Hall–Kier alpha value is -1.04. The summed E-state index contributed by atoms with van der Waals surface area (Å²) in [6, 6.07) is 8.69. The highest BCUT2D eigenvalue weighted by molar-refractivity contribution is 5.55. The lowest BCUT2D eigenvalue weighted by atomic mass is 10.0. The van der Waals surface area contributed by atoms with Crippen LogP contribution < -0.4 is 0 Å². The van der Waals surface area contributed by atoms with E-state index in [2.05, 4.69) is 51.1 Å². The van der Waals surface area contributed by atoms with Crippen LogP contribution in [0.3, 0.4) is 0 Å². The second-order valence-corrected chi connectivity index (χ2v) is 4.02. The van der Waals surface area contributed by atoms with Gasteiger partial charge in [0, 0.05) is 0 Å². The number of benzene rings is 1. The minimum atomic E-state index is 1.20. The van der Waals surface area contributed by atoms with Crippen LogP contribution in [0, 0.1) is 0 Å². The fourth-order valence-electron chi connectivity index (χ4n) is 1.58. The molecular weight excluding hydrogens is 168 g/mol. The van der Waals surface area contributed by atoms with E-state index in [1.54, 1.807) is 0 Å². The molecule has 0 aromatic heterocycles. The molecular formula is C14H20. The number of allylic oxidation sites excluding steroid dienone is 1. The molecule has 0 unspecified atom stereocenters. The number of hydrogen-bond donors (Lipinski definition) is 0. The molecule has 0 nitrogen and oxygen atoms in total. The Bertz CT molecular complexity index is 304. The molecule has 0 atom stereocenters. The van der Waals surface area contributed by atoms with Crippen molar-refractivity contribution in [1.29, 1.82) is 0 Å². The predicted molar refractivity (Wildman–Crippen MR) is 64.4 cm³/mol. The standard InChI is InChI=1S/C14H20/c1-4-5-8-13-9-6-7-10-14(13)11-12(2)3/h6-7,9-11H,4-5,8H2,1-3H3. The van der Waals surface area contributed by atoms with Gasteiger partial charge in [0.25, 0.3) is 0 Å². The van der Waals surface area contributed by atoms with Crippen LogP contribution in [0.15, 0.2) is 29.8 Å². The van der Waals surface area contributed by atoms with Crippen molar-refractivity contribution in [1.82, 2.24) is 0 Å². The molecule has 0 bridgehead atoms. The monoisotopic (exact) mass is 188 g/mol. The lowest BCUT2D eigenvalue weighted by Crippen LogP contribution is -1.89. The maximum Gasteiger partial charge on any atom is -0.0225 e. The quantitative estimate of drug-likeness (QED) is 0.654. The zero-order valence-electron chi connectivity index (χ0n) is 9.51. The summed E-state index contributed by atoms with van der Waals surface area (Å²) in [5, 5.41) is 0. The summed E-state index contributed by atoms with van der Waals surface area (Å²) in [6.07, 6.45) is 6.03. The molecule has 0 aliphatic heterocycles. The van der Waals surface area contributed by atoms with Gasteiger partial charge in [-0.05, 0) is 37.8 Å². The third-order valence-electron chi connectivity index (χ3n) is 2.30. The molecule has 0 saturated heterocycles. The van der Waals surface area contributed by atoms with Gasteiger partial charge in [-0.2, -0.15) is 0 Å². The van der Waals surface area contributed by atoms with Gasteiger partial charge in [0.05, 0.1) is 0 Å². The van der Waals surface area contributed by atoms with Crippen molar-refractivity contribution in [2.75, 3.05) is 0 Å². The van der Waals surface area contributed by atoms with E-state index in [-0.39, 0.29) is 0 Å². The lowest BCUT2D eigenvalue weighted by Gasteiger charge is -2.05. The minimum Gasteiger partial charge on any atom is -0.0758 e. The molecule has 0 radical (unpaired) electrons. The zero-order valence-corrected chi connectivity index (χ0v) is 9.51. The number of hydrogen-bond acceptors (Lipinski definition) is 0. The Morgan fingerprint density at radius 3 is 2.57 bits per heavy atom. The van der Waals surface area contributed by atoms with Crippen molar-refractivity contribution >= 4 is 6.08 Å². The molecule has 0 amide bonds. The van der Waals surface area contributed by atoms with Crippen LogP contribution in [-0.4, -0.2) is 0 Å². The Balaban J connectivity index is 2.86. The van der Waals surface area contributed by atoms with E-state index in [9.17, 15) is 0 Å². The highest BCUT2D eigenvalue weighted by atomic mass is 14.0. The summed E-state index contributed by atoms with van der Waals surface area (Å²) in [4.78, 5) is 0. The lowest BCUT2D eigenvalue weighted by molar-refractivity contribution is 0.794. The molecule has 76 valence electrons. The van der Waals surface area contributed by atoms with E-state index in [0.717, 1.165) is 0 Å². The van der Waals surface area contributed by atoms with Crippen LogP contribution in [0.2, 0.25) is 0 Å². The van der Waals surface area contributed by atoms with Crippen molar-refractivity contribution in [3.63, 3.8) is 0 Å². The van der Waals surface area contributed by atoms with Crippen molar-refractivity contribution in [3.05, 3.63) is 41.0 Å². The number of rotatable bonds is 4. The zero-order chi connectivity index (χ0) is 10.4. The fourth-order valence-corrected chi connectivity index (χ4v) is 1.58. The molecule has 14 heavy (non-hydrogen) atoms. The van der Waals surface area contributed by atoms with E-state index in [1.807, 2.05) is 0 Å². The van der Waals surface area contributed by atoms with Crippen molar-refractivity contribution in [2.45, 2.75) is 40.0 Å². The highest BCUT2D eigenvalue weighted by Gasteiger charge is 1.97. The maximum absolute atomic E-state index is 2.27. The summed E-state index contributed by atoms with van der Waals surface area (Å²) in [7, 11) is 0. The Morgan fingerprint density at radius 2 is 1.93 bits per heavy atom. The van der Waals surface area contributed by atoms with Crippen molar-refractivity contribution in [3.8, 4) is 0 Å². The molecule has 0 heteroatoms. The summed E-state index contributed by atoms with van der Waals surface area (Å²) >= 11 is 0. The molecule has 1 rings (SSSR count). The molecule has 0 saturated carbocycles. The van der Waals surface area contributed by atoms with Gasteiger partial charge in [-0.1, -0.05) is 49.3 Å². The molecule has 0 aliphatic rings. The van der Waals surface area contributed by atoms with Crippen LogP contribution in [0.25, 0.3) is 6.08 Å². The Kier molecular flexibility index (Phi) is 4.45. The van der Waals surface area contributed by atoms with Gasteiger partial charge in [0.15, 0.2) is 0 Å². The second kappa shape index (κ2) is 5.64. The normalized spacial score (nSPS) is 9.93. The second-order valence-electron chi connectivity index (χ2n) is 4.02. The number of aryl methyl sites for hydroxylation is 1. The molecule has 0 spiro atoms. The average Bonchev–Trinajstić information content (AvgIpc) is 2.16. The summed E-state index contributed by atoms with van der Waals surface area (Å²) in [5.41, 5.74) is 4.24. The first-order valence-corrected chi connectivity index (χ1v) is 5.47. The smallest absolute Gasteiger partial charge is 0.0225 e. The van der Waals surface area contributed by atoms with Crippen molar-refractivity contribution < 1.29 is 0 Å². The molecule has 0 heterocycles. The highest BCUT2D eigenvalue weighted by Crippen LogP contribution is 2.15. The fraction of sp³-hybridized carbons (Fsp3) is 0.429. The molecule has 0 aliphatic carbocycles. The third kappa shape index (κ3) is 3.37. The van der Waals surface area contributed by atoms with Crippen LogP contribution in [0.1, 0.15) is 44.7 Å². The van der Waals surface area contributed by atoms with Crippen LogP contribution >= 0.6 is 0 Å². The Labute approximate surface area is 87.7 Å². The van der Waals surface area contributed by atoms with E-state index in [0.29, 0.717) is 0 Å². The maximum atomic E-state index is 2.27. The predicted octanol–water partition coefficient (Wildman–Crippen LogP) is 4.45. The van der Waals surface area contributed by atoms with Gasteiger partial charge >= 0.3 is 0 Å². The summed E-state index contributed by atoms with van der Waals surface area (Å²) < 4.78 is 0. The van der Waals surface area contributed by atoms with Gasteiger partial charge in [-0.3, -0.25) is 0 Å². The van der Waals surface area contributed by atoms with E-state index in [1.165, 1.54) is 36.0 Å². The summed E-state index contributed by atoms with van der Waals surface area (Å²) in [5.74, 6) is 0. The number of unbranched alkanes of at least 4 members (excludes halogenated alkanes) is 1. The molecule has 1 aromatic rings. The van der Waals surface area contributed by atoms with Gasteiger partial charge in [-0.15, -0.1) is 0 Å². The molecule has 0 fully saturated rings. The van der Waals surface area contributed by atoms with Gasteiger partial charge < -0.3 is 0 Å². The largest absolute Gasteiger partial charge is 0.0758 e. The van der Waals surface area contributed by atoms with E-state index >= 15 is 0 Å². The average molecular weight is 188 g/mol. The van der Waals surface area contributed by atoms with Crippen LogP contribution in [0.5, 0.6) is 0 Å². The van der Waals surface area contributed by atoms with Crippen LogP contribution in [0.4, 0.5) is 0 Å². The summed E-state index contributed by atoms with van der Waals surface area (Å²) in [6.45, 7) is 6.54. The van der Waals surface area contributed by atoms with E-state index in [4.69, 9.17) is 0 Å². The first kappa shape index (κ1) is 11.0. The topological polar surface area (TPSA) is 0 Å². The first-order chi connectivity index (χ1) is 6.74. The third-order valence-corrected chi connectivity index (χ3v) is 2.30. The minimum absolute atomic E-state index is 1.20. The molecule has 0 N–H and O–H groups in total. The first-order valence-electron chi connectivity index (χ1n) is 5.47. The van der Waals surface area contributed by atoms with Gasteiger partial charge in [-0.25, -0.2) is 0 Å².